The zero-order chi connectivity index (χ0) is 17.0. The van der Waals surface area contributed by atoms with Gasteiger partial charge in [-0.3, -0.25) is 14.4 Å². The molecule has 2 saturated carbocycles. The molecule has 0 amide bonds. The second kappa shape index (κ2) is 5.95. The average molecular weight is 458 g/mol. The van der Waals surface area contributed by atoms with Gasteiger partial charge in [-0.15, -0.1) is 0 Å². The summed E-state index contributed by atoms with van der Waals surface area (Å²) in [6.45, 7) is -0.313. The van der Waals surface area contributed by atoms with Crippen LogP contribution in [0, 0.1) is 23.7 Å². The molecule has 2 aliphatic carbocycles. The molecular weight excluding hydrogens is 444 g/mol. The first kappa shape index (κ1) is 16.3. The van der Waals surface area contributed by atoms with Gasteiger partial charge in [0.2, 0.25) is 0 Å². The molecule has 1 aliphatic heterocycles. The molecule has 0 aromatic heterocycles. The summed E-state index contributed by atoms with van der Waals surface area (Å²) >= 11 is 6.86. The minimum atomic E-state index is -0.511. The summed E-state index contributed by atoms with van der Waals surface area (Å²) in [6.07, 6.45) is 0.665. The van der Waals surface area contributed by atoms with E-state index in [-0.39, 0.29) is 41.1 Å². The smallest absolute Gasteiger partial charge is 0.310 e. The molecule has 3 fully saturated rings. The Morgan fingerprint density at radius 1 is 1.21 bits per heavy atom. The highest BCUT2D eigenvalue weighted by Gasteiger charge is 2.68. The molecule has 6 atom stereocenters. The van der Waals surface area contributed by atoms with Crippen molar-refractivity contribution >= 4 is 49.6 Å². The van der Waals surface area contributed by atoms with Crippen LogP contribution in [-0.4, -0.2) is 35.3 Å². The van der Waals surface area contributed by atoms with Crippen LogP contribution >= 0.6 is 31.9 Å². The molecule has 1 aromatic carbocycles. The normalized spacial score (nSPS) is 35.8. The summed E-state index contributed by atoms with van der Waals surface area (Å²) in [5.74, 6) is -1.85. The zero-order valence-corrected chi connectivity index (χ0v) is 15.7. The van der Waals surface area contributed by atoms with E-state index in [9.17, 15) is 14.4 Å². The number of alkyl halides is 1. The highest BCUT2D eigenvalue weighted by Crippen LogP contribution is 2.60. The molecule has 1 saturated heterocycles. The van der Waals surface area contributed by atoms with E-state index in [1.54, 1.807) is 24.3 Å². The highest BCUT2D eigenvalue weighted by molar-refractivity contribution is 9.10. The predicted molar refractivity (Wildman–Crippen MR) is 90.6 cm³/mol. The van der Waals surface area contributed by atoms with Crippen molar-refractivity contribution in [2.75, 3.05) is 6.61 Å². The molecule has 0 N–H and O–H groups in total. The minimum absolute atomic E-state index is 0.00933. The van der Waals surface area contributed by atoms with Crippen LogP contribution in [0.5, 0.6) is 0 Å². The van der Waals surface area contributed by atoms with Crippen LogP contribution in [0.25, 0.3) is 0 Å². The van der Waals surface area contributed by atoms with Crippen LogP contribution in [0.15, 0.2) is 28.7 Å². The number of hydrogen-bond acceptors (Lipinski definition) is 5. The first-order chi connectivity index (χ1) is 11.5. The lowest BCUT2D eigenvalue weighted by atomic mass is 9.80. The lowest BCUT2D eigenvalue weighted by molar-refractivity contribution is -0.154. The largest absolute Gasteiger partial charge is 0.461 e. The predicted octanol–water partition coefficient (Wildman–Crippen LogP) is 2.75. The summed E-state index contributed by atoms with van der Waals surface area (Å²) in [5, 5.41) is 0. The van der Waals surface area contributed by atoms with Gasteiger partial charge in [-0.25, -0.2) is 0 Å². The second-order valence-electron chi connectivity index (χ2n) is 6.50. The fourth-order valence-corrected chi connectivity index (χ4v) is 5.56. The van der Waals surface area contributed by atoms with E-state index < -0.39 is 17.8 Å². The van der Waals surface area contributed by atoms with Gasteiger partial charge in [-0.2, -0.15) is 0 Å². The van der Waals surface area contributed by atoms with E-state index in [2.05, 4.69) is 31.9 Å². The van der Waals surface area contributed by atoms with Crippen molar-refractivity contribution in [3.63, 3.8) is 0 Å². The van der Waals surface area contributed by atoms with Crippen LogP contribution in [0.2, 0.25) is 0 Å². The summed E-state index contributed by atoms with van der Waals surface area (Å²) < 4.78 is 11.5. The number of hydrogen-bond donors (Lipinski definition) is 0. The molecule has 0 radical (unpaired) electrons. The molecule has 24 heavy (non-hydrogen) atoms. The van der Waals surface area contributed by atoms with Crippen molar-refractivity contribution in [2.45, 2.75) is 17.4 Å². The number of benzene rings is 1. The van der Waals surface area contributed by atoms with Gasteiger partial charge in [-0.05, 0) is 24.5 Å². The number of fused-ring (bicyclic) bond motifs is 1. The van der Waals surface area contributed by atoms with E-state index in [1.807, 2.05) is 0 Å². The van der Waals surface area contributed by atoms with Crippen LogP contribution in [0.1, 0.15) is 16.8 Å². The Hall–Kier alpha value is -1.21. The van der Waals surface area contributed by atoms with Crippen LogP contribution in [0.4, 0.5) is 0 Å². The molecule has 0 spiro atoms. The maximum atomic E-state index is 12.5. The fourth-order valence-electron chi connectivity index (χ4n) is 4.25. The second-order valence-corrected chi connectivity index (χ2v) is 8.47. The van der Waals surface area contributed by atoms with Crippen molar-refractivity contribution in [2.24, 2.45) is 23.7 Å². The number of carbonyl (C=O) groups is 3. The first-order valence-corrected chi connectivity index (χ1v) is 9.48. The molecule has 5 nitrogen and oxygen atoms in total. The van der Waals surface area contributed by atoms with Crippen molar-refractivity contribution in [3.05, 3.63) is 34.3 Å². The number of halogens is 2. The zero-order valence-electron chi connectivity index (χ0n) is 12.5. The van der Waals surface area contributed by atoms with Gasteiger partial charge >= 0.3 is 11.9 Å². The maximum Gasteiger partial charge on any atom is 0.310 e. The van der Waals surface area contributed by atoms with E-state index in [4.69, 9.17) is 9.47 Å². The van der Waals surface area contributed by atoms with E-state index in [1.165, 1.54) is 0 Å². The molecule has 126 valence electrons. The number of esters is 2. The SMILES string of the molecule is O=C(COC(=O)C1C2CC3C(OC(=O)C31)C2Br)c1ccc(Br)cc1. The Morgan fingerprint density at radius 2 is 1.92 bits per heavy atom. The van der Waals surface area contributed by atoms with E-state index >= 15 is 0 Å². The molecule has 1 heterocycles. The first-order valence-electron chi connectivity index (χ1n) is 7.77. The van der Waals surface area contributed by atoms with Gasteiger partial charge in [0.1, 0.15) is 6.10 Å². The maximum absolute atomic E-state index is 12.5. The monoisotopic (exact) mass is 456 g/mol. The van der Waals surface area contributed by atoms with Crippen molar-refractivity contribution < 1.29 is 23.9 Å². The van der Waals surface area contributed by atoms with Gasteiger partial charge in [0.25, 0.3) is 0 Å². The van der Waals surface area contributed by atoms with Crippen LogP contribution < -0.4 is 0 Å². The third-order valence-corrected chi connectivity index (χ3v) is 7.04. The van der Waals surface area contributed by atoms with E-state index in [0.717, 1.165) is 10.9 Å². The summed E-state index contributed by atoms with van der Waals surface area (Å²) in [4.78, 5) is 36.6. The van der Waals surface area contributed by atoms with Gasteiger partial charge in [0.05, 0.1) is 16.7 Å². The Morgan fingerprint density at radius 3 is 2.62 bits per heavy atom. The number of rotatable bonds is 4. The number of ether oxygens (including phenoxy) is 2. The lowest BCUT2D eigenvalue weighted by Crippen LogP contribution is -2.39. The molecule has 4 rings (SSSR count). The molecular formula is C17H14Br2O5. The molecule has 3 aliphatic rings. The molecule has 7 heteroatoms. The minimum Gasteiger partial charge on any atom is -0.461 e. The van der Waals surface area contributed by atoms with Gasteiger partial charge in [-0.1, -0.05) is 44.0 Å². The Kier molecular flexibility index (Phi) is 4.03. The van der Waals surface area contributed by atoms with Gasteiger partial charge < -0.3 is 9.47 Å². The summed E-state index contributed by atoms with van der Waals surface area (Å²) in [5.41, 5.74) is 0.484. The van der Waals surface area contributed by atoms with Gasteiger partial charge in [0, 0.05) is 16.0 Å². The number of Topliss-reactive ketones (excluding diaryl/α,β-unsaturated/α-hetero) is 1. The van der Waals surface area contributed by atoms with Crippen molar-refractivity contribution in [1.29, 1.82) is 0 Å². The van der Waals surface area contributed by atoms with Gasteiger partial charge in [0.15, 0.2) is 12.4 Å². The molecule has 6 unspecified atom stereocenters. The molecule has 2 bridgehead atoms. The third kappa shape index (κ3) is 2.44. The number of ketones is 1. The lowest BCUT2D eigenvalue weighted by Gasteiger charge is -2.26. The third-order valence-electron chi connectivity index (χ3n) is 5.31. The van der Waals surface area contributed by atoms with Crippen molar-refractivity contribution in [1.82, 2.24) is 0 Å². The summed E-state index contributed by atoms with van der Waals surface area (Å²) in [6, 6.07) is 6.86. The van der Waals surface area contributed by atoms with Crippen LogP contribution in [0.3, 0.4) is 0 Å². The summed E-state index contributed by atoms with van der Waals surface area (Å²) in [7, 11) is 0. The van der Waals surface area contributed by atoms with E-state index in [0.29, 0.717) is 5.56 Å². The Bertz CT molecular complexity index is 716. The Balaban J connectivity index is 1.43. The molecule has 1 aromatic rings. The van der Waals surface area contributed by atoms with Crippen molar-refractivity contribution in [3.8, 4) is 0 Å². The quantitative estimate of drug-likeness (QED) is 0.395. The number of carbonyl (C=O) groups excluding carboxylic acids is 3. The fraction of sp³-hybridized carbons (Fsp3) is 0.471. The topological polar surface area (TPSA) is 69.7 Å². The van der Waals surface area contributed by atoms with Crippen LogP contribution in [-0.2, 0) is 19.1 Å². The standard InChI is InChI=1S/C17H14Br2O5/c18-8-3-1-7(2-4-8)11(20)6-23-16(21)12-9-5-10-13(12)17(22)24-15(10)14(9)19/h1-4,9-10,12-15H,5-6H2. The highest BCUT2D eigenvalue weighted by atomic mass is 79.9. The average Bonchev–Trinajstić information content (AvgIpc) is 3.17. The Labute approximate surface area is 155 Å².